The van der Waals surface area contributed by atoms with Gasteiger partial charge in [0.25, 0.3) is 0 Å². The van der Waals surface area contributed by atoms with Crippen molar-refractivity contribution in [2.24, 2.45) is 0 Å². The highest BCUT2D eigenvalue weighted by molar-refractivity contribution is 6.31. The first-order chi connectivity index (χ1) is 22.7. The minimum absolute atomic E-state index is 0.0240. The van der Waals surface area contributed by atoms with Crippen LogP contribution in [0.5, 0.6) is 0 Å². The number of nitrogens with one attached hydrogen (secondary N) is 8. The zero-order chi connectivity index (χ0) is 35.6. The van der Waals surface area contributed by atoms with Gasteiger partial charge in [-0.05, 0) is 30.9 Å². The van der Waals surface area contributed by atoms with E-state index in [1.807, 2.05) is 0 Å². The molecule has 262 valence electrons. The Morgan fingerprint density at radius 3 is 2.17 bits per heavy atom. The number of aliphatic carboxylic acids is 1. The highest BCUT2D eigenvalue weighted by Gasteiger charge is 2.26. The van der Waals surface area contributed by atoms with Crippen LogP contribution in [0.25, 0.3) is 0 Å². The lowest BCUT2D eigenvalue weighted by Gasteiger charge is -2.21. The number of carboxylic acid groups (broad SMARTS) is 1. The van der Waals surface area contributed by atoms with E-state index in [1.54, 1.807) is 24.3 Å². The second-order valence-electron chi connectivity index (χ2n) is 10.6. The molecule has 1 aromatic rings. The van der Waals surface area contributed by atoms with Crippen LogP contribution in [0.1, 0.15) is 38.2 Å². The number of hydrogen-bond donors (Lipinski definition) is 9. The maximum atomic E-state index is 13.1. The van der Waals surface area contributed by atoms with Crippen molar-refractivity contribution >= 4 is 64.8 Å². The van der Waals surface area contributed by atoms with Gasteiger partial charge in [0.05, 0.1) is 26.2 Å². The number of rotatable bonds is 6. The normalized spacial score (nSPS) is 21.2. The van der Waals surface area contributed by atoms with E-state index in [0.717, 1.165) is 0 Å². The Bertz CT molecular complexity index is 1390. The molecule has 3 unspecified atom stereocenters. The Balaban J connectivity index is 2.25. The molecular weight excluding hydrogens is 656 g/mol. The highest BCUT2D eigenvalue weighted by atomic mass is 35.5. The van der Waals surface area contributed by atoms with Crippen LogP contribution in [0.4, 0.5) is 0 Å². The van der Waals surface area contributed by atoms with Crippen LogP contribution in [0.3, 0.4) is 0 Å². The van der Waals surface area contributed by atoms with E-state index in [1.165, 1.54) is 6.92 Å². The average Bonchev–Trinajstić information content (AvgIpc) is 3.03. The molecule has 1 aromatic carbocycles. The monoisotopic (exact) mass is 694 g/mol. The number of carboxylic acids is 1. The number of benzene rings is 1. The Labute approximate surface area is 280 Å². The van der Waals surface area contributed by atoms with E-state index in [9.17, 15) is 48.3 Å². The van der Waals surface area contributed by atoms with Gasteiger partial charge in [0.15, 0.2) is 0 Å². The van der Waals surface area contributed by atoms with Crippen LogP contribution in [-0.4, -0.2) is 109 Å². The zero-order valence-electron chi connectivity index (χ0n) is 26.1. The molecule has 1 fully saturated rings. The SMILES string of the molecule is CC(=O)NCC(=O)NC1CCC(=O)NCCCC(C(=O)O)NC(=O)CNC(=O)CNC(=O)C(Cc2ccccc2Cl)NC(=O)CNC1=O. The number of amides is 8. The molecule has 1 aliphatic rings. The topological polar surface area (TPSA) is 270 Å². The third-order valence-corrected chi connectivity index (χ3v) is 7.13. The fourth-order valence-corrected chi connectivity index (χ4v) is 4.49. The van der Waals surface area contributed by atoms with Crippen molar-refractivity contribution < 1.29 is 48.3 Å². The molecule has 0 radical (unpaired) electrons. The first-order valence-corrected chi connectivity index (χ1v) is 15.3. The predicted octanol–water partition coefficient (Wildman–Crippen LogP) is -3.40. The van der Waals surface area contributed by atoms with Crippen molar-refractivity contribution in [2.75, 3.05) is 32.7 Å². The van der Waals surface area contributed by atoms with Gasteiger partial charge in [-0.15, -0.1) is 0 Å². The van der Waals surface area contributed by atoms with Crippen LogP contribution in [0, 0.1) is 0 Å². The minimum atomic E-state index is -1.34. The summed E-state index contributed by atoms with van der Waals surface area (Å²) in [5.74, 6) is -7.15. The summed E-state index contributed by atoms with van der Waals surface area (Å²) in [5, 5.41) is 28.7. The van der Waals surface area contributed by atoms with Crippen molar-refractivity contribution in [3.8, 4) is 0 Å². The van der Waals surface area contributed by atoms with E-state index in [2.05, 4.69) is 42.5 Å². The van der Waals surface area contributed by atoms with Crippen LogP contribution < -0.4 is 42.5 Å². The van der Waals surface area contributed by atoms with Crippen molar-refractivity contribution in [3.63, 3.8) is 0 Å². The molecule has 0 saturated carbocycles. The molecule has 0 spiro atoms. The number of halogens is 1. The molecule has 0 aromatic heterocycles. The average molecular weight is 695 g/mol. The van der Waals surface area contributed by atoms with Gasteiger partial charge in [0.2, 0.25) is 47.3 Å². The standard InChI is InChI=1S/C29H39ClN8O10/c1-16(39)32-13-24(42)36-19-8-9-22(40)31-10-4-7-20(29(47)48)37-25(43)14-33-23(41)12-34-28(46)21(38-26(44)15-35-27(19)45)11-17-5-2-3-6-18(17)30/h2-3,5-6,19-21H,4,7-15H2,1H3,(H,31,40)(H,32,39)(H,33,41)(H,34,46)(H,35,45)(H,36,42)(H,37,43)(H,38,44)(H,47,48). The fourth-order valence-electron chi connectivity index (χ4n) is 4.28. The van der Waals surface area contributed by atoms with Crippen molar-refractivity contribution in [1.29, 1.82) is 0 Å². The fraction of sp³-hybridized carbons (Fsp3) is 0.483. The van der Waals surface area contributed by atoms with Crippen LogP contribution in [-0.2, 0) is 49.6 Å². The molecule has 9 N–H and O–H groups in total. The molecule has 19 heteroatoms. The minimum Gasteiger partial charge on any atom is -0.480 e. The summed E-state index contributed by atoms with van der Waals surface area (Å²) in [6.45, 7) is -1.07. The molecule has 18 nitrogen and oxygen atoms in total. The smallest absolute Gasteiger partial charge is 0.326 e. The third-order valence-electron chi connectivity index (χ3n) is 6.76. The molecule has 1 heterocycles. The van der Waals surface area contributed by atoms with Gasteiger partial charge in [-0.1, -0.05) is 29.8 Å². The maximum absolute atomic E-state index is 13.1. The Morgan fingerprint density at radius 1 is 0.833 bits per heavy atom. The van der Waals surface area contributed by atoms with Gasteiger partial charge in [-0.25, -0.2) is 4.79 Å². The van der Waals surface area contributed by atoms with Gasteiger partial charge in [-0.3, -0.25) is 38.4 Å². The molecular formula is C29H39ClN8O10. The number of hydrogen-bond acceptors (Lipinski definition) is 9. The molecule has 48 heavy (non-hydrogen) atoms. The third kappa shape index (κ3) is 14.9. The second-order valence-corrected chi connectivity index (χ2v) is 11.1. The number of carbonyl (C=O) groups excluding carboxylic acids is 8. The second kappa shape index (κ2) is 20.1. The van der Waals surface area contributed by atoms with Crippen LogP contribution in [0.15, 0.2) is 24.3 Å². The summed E-state index contributed by atoms with van der Waals surface area (Å²) < 4.78 is 0. The van der Waals surface area contributed by atoms with Crippen molar-refractivity contribution in [2.45, 2.75) is 57.2 Å². The van der Waals surface area contributed by atoms with Gasteiger partial charge in [0, 0.05) is 31.3 Å². The van der Waals surface area contributed by atoms with Crippen LogP contribution >= 0.6 is 11.6 Å². The van der Waals surface area contributed by atoms with E-state index in [4.69, 9.17) is 11.6 Å². The van der Waals surface area contributed by atoms with Gasteiger partial charge in [0.1, 0.15) is 18.1 Å². The Hall–Kier alpha value is -5.26. The lowest BCUT2D eigenvalue weighted by molar-refractivity contribution is -0.142. The summed E-state index contributed by atoms with van der Waals surface area (Å²) in [6.07, 6.45) is -0.504. The molecule has 0 bridgehead atoms. The summed E-state index contributed by atoms with van der Waals surface area (Å²) in [7, 11) is 0. The highest BCUT2D eigenvalue weighted by Crippen LogP contribution is 2.17. The quantitative estimate of drug-likeness (QED) is 0.142. The lowest BCUT2D eigenvalue weighted by Crippen LogP contribution is -2.54. The predicted molar refractivity (Wildman–Crippen MR) is 168 cm³/mol. The molecule has 8 amide bonds. The Kier molecular flexibility index (Phi) is 16.3. The van der Waals surface area contributed by atoms with Crippen molar-refractivity contribution in [3.05, 3.63) is 34.9 Å². The Morgan fingerprint density at radius 2 is 1.48 bits per heavy atom. The van der Waals surface area contributed by atoms with Gasteiger partial charge in [-0.2, -0.15) is 0 Å². The summed E-state index contributed by atoms with van der Waals surface area (Å²) >= 11 is 6.23. The largest absolute Gasteiger partial charge is 0.480 e. The first-order valence-electron chi connectivity index (χ1n) is 14.9. The maximum Gasteiger partial charge on any atom is 0.326 e. The molecule has 1 saturated heterocycles. The lowest BCUT2D eigenvalue weighted by atomic mass is 10.0. The zero-order valence-corrected chi connectivity index (χ0v) is 26.9. The van der Waals surface area contributed by atoms with Crippen molar-refractivity contribution in [1.82, 2.24) is 42.5 Å². The summed E-state index contributed by atoms with van der Waals surface area (Å²) in [6, 6.07) is 2.60. The van der Waals surface area contributed by atoms with Gasteiger partial charge < -0.3 is 47.6 Å². The van der Waals surface area contributed by atoms with E-state index < -0.39 is 97.5 Å². The summed E-state index contributed by atoms with van der Waals surface area (Å²) in [5.41, 5.74) is 0.482. The first kappa shape index (κ1) is 38.9. The van der Waals surface area contributed by atoms with E-state index in [-0.39, 0.29) is 38.6 Å². The molecule has 1 aliphatic heterocycles. The number of carbonyl (C=O) groups is 9. The molecule has 3 atom stereocenters. The molecule has 0 aliphatic carbocycles. The van der Waals surface area contributed by atoms with E-state index in [0.29, 0.717) is 10.6 Å². The summed E-state index contributed by atoms with van der Waals surface area (Å²) in [4.78, 5) is 111. The molecule has 2 rings (SSSR count). The van der Waals surface area contributed by atoms with Crippen LogP contribution in [0.2, 0.25) is 5.02 Å². The van der Waals surface area contributed by atoms with Gasteiger partial charge >= 0.3 is 5.97 Å². The van der Waals surface area contributed by atoms with E-state index >= 15 is 0 Å².